The molecule has 30 heavy (non-hydrogen) atoms. The van der Waals surface area contributed by atoms with Gasteiger partial charge in [0, 0.05) is 48.0 Å². The molecule has 156 valence electrons. The fourth-order valence-corrected chi connectivity index (χ4v) is 5.76. The van der Waals surface area contributed by atoms with Crippen molar-refractivity contribution < 1.29 is 14.6 Å². The number of carbonyl (C=O) groups is 1. The average molecular weight is 405 g/mol. The molecular weight excluding hydrogens is 378 g/mol. The molecule has 4 aliphatic rings. The highest BCUT2D eigenvalue weighted by molar-refractivity contribution is 5.94. The number of nitrogens with one attached hydrogen (secondary N) is 1. The first-order valence-corrected chi connectivity index (χ1v) is 11.1. The van der Waals surface area contributed by atoms with Gasteiger partial charge in [0.1, 0.15) is 11.4 Å². The number of nitrogens with zero attached hydrogens (tertiary/aromatic N) is 2. The zero-order chi connectivity index (χ0) is 20.3. The number of pyridine rings is 1. The van der Waals surface area contributed by atoms with Crippen LogP contribution in [0.5, 0.6) is 5.75 Å². The quantitative estimate of drug-likeness (QED) is 0.803. The van der Waals surface area contributed by atoms with E-state index in [2.05, 4.69) is 16.4 Å². The molecule has 1 aromatic heterocycles. The molecule has 6 rings (SSSR count). The van der Waals surface area contributed by atoms with E-state index in [9.17, 15) is 9.90 Å². The number of benzene rings is 1. The number of ether oxygens (including phenoxy) is 1. The first kappa shape index (κ1) is 18.3. The van der Waals surface area contributed by atoms with E-state index in [1.54, 1.807) is 4.90 Å². The second-order valence-corrected chi connectivity index (χ2v) is 9.27. The van der Waals surface area contributed by atoms with Crippen molar-refractivity contribution in [1.82, 2.24) is 15.2 Å². The molecule has 2 spiro atoms. The predicted molar refractivity (Wildman–Crippen MR) is 113 cm³/mol. The Morgan fingerprint density at radius 1 is 1.17 bits per heavy atom. The summed E-state index contributed by atoms with van der Waals surface area (Å²) < 4.78 is 6.55. The van der Waals surface area contributed by atoms with Gasteiger partial charge in [0.05, 0.1) is 18.0 Å². The number of hydrogen-bond acceptors (Lipinski definition) is 5. The summed E-state index contributed by atoms with van der Waals surface area (Å²) in [5.74, 6) is 0.940. The summed E-state index contributed by atoms with van der Waals surface area (Å²) in [5, 5.41) is 13.2. The van der Waals surface area contributed by atoms with Gasteiger partial charge in [-0.2, -0.15) is 0 Å². The zero-order valence-corrected chi connectivity index (χ0v) is 17.1. The smallest absolute Gasteiger partial charge is 0.253 e. The molecule has 1 aliphatic carbocycles. The van der Waals surface area contributed by atoms with Crippen molar-refractivity contribution in [3.63, 3.8) is 0 Å². The normalized spacial score (nSPS) is 25.4. The third-order valence-corrected chi connectivity index (χ3v) is 7.60. The highest BCUT2D eigenvalue weighted by Gasteiger charge is 2.66. The summed E-state index contributed by atoms with van der Waals surface area (Å²) in [5.41, 5.74) is 4.03. The lowest BCUT2D eigenvalue weighted by Crippen LogP contribution is -2.51. The second kappa shape index (κ2) is 6.53. The predicted octanol–water partition coefficient (Wildman–Crippen LogP) is 2.50. The number of aliphatic hydroxyl groups is 1. The summed E-state index contributed by atoms with van der Waals surface area (Å²) in [6.45, 7) is 3.07. The summed E-state index contributed by atoms with van der Waals surface area (Å²) in [7, 11) is 0. The van der Waals surface area contributed by atoms with Gasteiger partial charge >= 0.3 is 0 Å². The van der Waals surface area contributed by atoms with Crippen LogP contribution in [0.3, 0.4) is 0 Å². The fourth-order valence-electron chi connectivity index (χ4n) is 5.76. The number of fused-ring (bicyclic) bond motifs is 3. The fraction of sp³-hybridized carbons (Fsp3) is 0.500. The van der Waals surface area contributed by atoms with Crippen molar-refractivity contribution >= 4 is 5.91 Å². The van der Waals surface area contributed by atoms with Crippen LogP contribution >= 0.6 is 0 Å². The Balaban J connectivity index is 1.27. The van der Waals surface area contributed by atoms with Crippen LogP contribution in [0.1, 0.15) is 48.0 Å². The van der Waals surface area contributed by atoms with Gasteiger partial charge in [-0.1, -0.05) is 12.1 Å². The number of aliphatic hydroxyl groups excluding tert-OH is 1. The summed E-state index contributed by atoms with van der Waals surface area (Å²) >= 11 is 0. The molecule has 1 amide bonds. The Hall–Kier alpha value is -2.44. The Kier molecular flexibility index (Phi) is 3.99. The van der Waals surface area contributed by atoms with Gasteiger partial charge in [0.25, 0.3) is 5.91 Å². The maximum Gasteiger partial charge on any atom is 0.253 e. The Labute approximate surface area is 176 Å². The molecule has 2 saturated heterocycles. The van der Waals surface area contributed by atoms with E-state index in [-0.39, 0.29) is 16.9 Å². The topological polar surface area (TPSA) is 74.7 Å². The van der Waals surface area contributed by atoms with E-state index in [0.717, 1.165) is 42.9 Å². The van der Waals surface area contributed by atoms with Crippen LogP contribution in [0.4, 0.5) is 0 Å². The van der Waals surface area contributed by atoms with Crippen LogP contribution in [0.15, 0.2) is 36.5 Å². The van der Waals surface area contributed by atoms with Gasteiger partial charge in [-0.05, 0) is 50.6 Å². The van der Waals surface area contributed by atoms with E-state index >= 15 is 0 Å². The number of rotatable bonds is 2. The molecule has 2 aromatic rings. The monoisotopic (exact) mass is 405 g/mol. The Morgan fingerprint density at radius 2 is 1.93 bits per heavy atom. The maximum absolute atomic E-state index is 12.6. The number of likely N-dealkylation sites (tertiary alicyclic amines) is 1. The van der Waals surface area contributed by atoms with E-state index in [4.69, 9.17) is 4.74 Å². The first-order chi connectivity index (χ1) is 14.6. The van der Waals surface area contributed by atoms with Gasteiger partial charge in [0.2, 0.25) is 0 Å². The second-order valence-electron chi connectivity index (χ2n) is 9.27. The first-order valence-electron chi connectivity index (χ1n) is 11.1. The van der Waals surface area contributed by atoms with Crippen LogP contribution in [0.25, 0.3) is 11.3 Å². The third-order valence-electron chi connectivity index (χ3n) is 7.60. The van der Waals surface area contributed by atoms with Crippen LogP contribution in [-0.4, -0.2) is 58.8 Å². The van der Waals surface area contributed by atoms with Crippen molar-refractivity contribution in [2.24, 2.45) is 0 Å². The lowest BCUT2D eigenvalue weighted by atomic mass is 9.75. The Bertz CT molecular complexity index is 993. The number of carbonyl (C=O) groups excluding carboxylic acids is 1. The minimum atomic E-state index is -0.399. The van der Waals surface area contributed by atoms with Crippen molar-refractivity contribution in [2.75, 3.05) is 26.2 Å². The lowest BCUT2D eigenvalue weighted by molar-refractivity contribution is 0.0257. The van der Waals surface area contributed by atoms with Crippen LogP contribution in [0.2, 0.25) is 0 Å². The van der Waals surface area contributed by atoms with E-state index < -0.39 is 6.10 Å². The van der Waals surface area contributed by atoms with Gasteiger partial charge in [0.15, 0.2) is 0 Å². The number of β-amino-alcohol motifs (C(OH)–C–C–N with tert-alkyl or cyclic N) is 1. The van der Waals surface area contributed by atoms with Crippen LogP contribution < -0.4 is 10.1 Å². The van der Waals surface area contributed by atoms with E-state index in [1.165, 1.54) is 18.4 Å². The molecule has 3 aliphatic heterocycles. The molecule has 1 aromatic carbocycles. The molecule has 0 radical (unpaired) electrons. The van der Waals surface area contributed by atoms with E-state index in [0.29, 0.717) is 25.1 Å². The minimum Gasteiger partial charge on any atom is -0.484 e. The minimum absolute atomic E-state index is 0.0156. The Morgan fingerprint density at radius 3 is 2.60 bits per heavy atom. The molecule has 4 heterocycles. The van der Waals surface area contributed by atoms with Crippen molar-refractivity contribution in [2.45, 2.75) is 49.2 Å². The maximum atomic E-state index is 12.6. The third kappa shape index (κ3) is 2.63. The van der Waals surface area contributed by atoms with Gasteiger partial charge in [-0.25, -0.2) is 0 Å². The number of hydrogen-bond donors (Lipinski definition) is 2. The van der Waals surface area contributed by atoms with Crippen LogP contribution in [-0.2, 0) is 5.41 Å². The molecule has 1 atom stereocenters. The number of piperidine rings is 1. The number of amides is 1. The highest BCUT2D eigenvalue weighted by Crippen LogP contribution is 2.66. The van der Waals surface area contributed by atoms with Crippen LogP contribution in [0, 0.1) is 0 Å². The summed E-state index contributed by atoms with van der Waals surface area (Å²) in [4.78, 5) is 19.0. The van der Waals surface area contributed by atoms with Gasteiger partial charge in [-0.3, -0.25) is 9.78 Å². The lowest BCUT2D eigenvalue weighted by Gasteiger charge is -2.38. The molecular formula is C24H27N3O3. The van der Waals surface area contributed by atoms with Crippen molar-refractivity contribution in [1.29, 1.82) is 0 Å². The van der Waals surface area contributed by atoms with Crippen molar-refractivity contribution in [3.05, 3.63) is 47.7 Å². The van der Waals surface area contributed by atoms with Gasteiger partial charge in [-0.15, -0.1) is 0 Å². The molecule has 0 unspecified atom stereocenters. The highest BCUT2D eigenvalue weighted by atomic mass is 16.5. The summed E-state index contributed by atoms with van der Waals surface area (Å²) in [6, 6.07) is 9.91. The molecule has 1 saturated carbocycles. The van der Waals surface area contributed by atoms with Gasteiger partial charge < -0.3 is 20.1 Å². The molecule has 6 nitrogen and oxygen atoms in total. The standard InChI is InChI=1S/C24H27N3O3/c28-18-5-12-27(15-18)22(29)17-3-1-16(2-4-17)20-13-19-21(14-26-20)30-24(23(19)6-7-23)8-10-25-11-9-24/h1-4,13-14,18,25,28H,5-12,15H2/t18-/m1/s1. The molecule has 3 fully saturated rings. The zero-order valence-electron chi connectivity index (χ0n) is 17.1. The van der Waals surface area contributed by atoms with Crippen molar-refractivity contribution in [3.8, 4) is 17.0 Å². The SMILES string of the molecule is O=C(c1ccc(-c2cc3c(cn2)OC2(CCNCC2)C32CC2)cc1)N1CC[C@@H](O)C1. The molecule has 0 bridgehead atoms. The average Bonchev–Trinajstić information content (AvgIpc) is 3.43. The largest absolute Gasteiger partial charge is 0.484 e. The van der Waals surface area contributed by atoms with E-state index in [1.807, 2.05) is 30.5 Å². The molecule has 2 N–H and O–H groups in total. The number of aromatic nitrogens is 1. The summed E-state index contributed by atoms with van der Waals surface area (Å²) in [6.07, 6.45) is 6.65. The molecule has 6 heteroatoms.